The van der Waals surface area contributed by atoms with E-state index < -0.39 is 4.92 Å². The molecule has 2 rings (SSSR count). The van der Waals surface area contributed by atoms with Crippen molar-refractivity contribution in [3.63, 3.8) is 0 Å². The highest BCUT2D eigenvalue weighted by atomic mass is 19.1. The van der Waals surface area contributed by atoms with E-state index in [0.717, 1.165) is 11.1 Å². The molecule has 0 spiro atoms. The summed E-state index contributed by atoms with van der Waals surface area (Å²) in [6.07, 6.45) is 2.57. The molecule has 1 aromatic carbocycles. The molecular formula is C12H12FN3O2. The molecule has 94 valence electrons. The van der Waals surface area contributed by atoms with Crippen LogP contribution in [-0.2, 0) is 0 Å². The van der Waals surface area contributed by atoms with Crippen molar-refractivity contribution >= 4 is 5.69 Å². The second-order valence-electron chi connectivity index (χ2n) is 4.11. The van der Waals surface area contributed by atoms with Crippen LogP contribution in [0.1, 0.15) is 24.1 Å². The lowest BCUT2D eigenvalue weighted by molar-refractivity contribution is -0.385. The first-order valence-corrected chi connectivity index (χ1v) is 5.43. The summed E-state index contributed by atoms with van der Waals surface area (Å²) in [6, 6.07) is 4.29. The van der Waals surface area contributed by atoms with Gasteiger partial charge < -0.3 is 0 Å². The second-order valence-corrected chi connectivity index (χ2v) is 4.11. The zero-order valence-electron chi connectivity index (χ0n) is 10.0. The van der Waals surface area contributed by atoms with Gasteiger partial charge >= 0.3 is 5.69 Å². The Bertz CT molecular complexity index is 595. The summed E-state index contributed by atoms with van der Waals surface area (Å²) in [5, 5.41) is 14.5. The van der Waals surface area contributed by atoms with Gasteiger partial charge in [-0.1, -0.05) is 6.07 Å². The molecule has 0 aliphatic rings. The van der Waals surface area contributed by atoms with E-state index in [-0.39, 0.29) is 17.5 Å². The molecule has 0 saturated heterocycles. The smallest absolute Gasteiger partial charge is 0.258 e. The fourth-order valence-corrected chi connectivity index (χ4v) is 1.88. The van der Waals surface area contributed by atoms with Gasteiger partial charge in [0.05, 0.1) is 11.0 Å². The Morgan fingerprint density at radius 2 is 2.22 bits per heavy atom. The van der Waals surface area contributed by atoms with Crippen LogP contribution in [0.3, 0.4) is 0 Å². The van der Waals surface area contributed by atoms with E-state index in [4.69, 9.17) is 0 Å². The molecular weight excluding hydrogens is 237 g/mol. The van der Waals surface area contributed by atoms with Crippen LogP contribution < -0.4 is 0 Å². The maximum atomic E-state index is 13.0. The van der Waals surface area contributed by atoms with E-state index >= 15 is 0 Å². The largest absolute Gasteiger partial charge is 0.307 e. The number of hydrogen-bond acceptors (Lipinski definition) is 3. The second kappa shape index (κ2) is 4.56. The molecule has 6 heteroatoms. The molecule has 1 aromatic heterocycles. The summed E-state index contributed by atoms with van der Waals surface area (Å²) in [5.74, 6) is -0.296. The Balaban J connectivity index is 2.35. The highest BCUT2D eigenvalue weighted by Crippen LogP contribution is 2.23. The predicted octanol–water partition coefficient (Wildman–Crippen LogP) is 2.85. The van der Waals surface area contributed by atoms with Crippen molar-refractivity contribution in [2.45, 2.75) is 19.9 Å². The number of nitrogens with zero attached hydrogens (tertiary/aromatic N) is 3. The van der Waals surface area contributed by atoms with E-state index in [0.29, 0.717) is 0 Å². The number of rotatable bonds is 3. The number of benzene rings is 1. The zero-order chi connectivity index (χ0) is 13.3. The van der Waals surface area contributed by atoms with Gasteiger partial charge in [-0.2, -0.15) is 5.10 Å². The summed E-state index contributed by atoms with van der Waals surface area (Å²) < 4.78 is 14.5. The number of aromatic nitrogens is 2. The number of aryl methyl sites for hydroxylation is 1. The van der Waals surface area contributed by atoms with E-state index in [1.807, 2.05) is 6.92 Å². The van der Waals surface area contributed by atoms with Crippen LogP contribution in [0, 0.1) is 22.9 Å². The van der Waals surface area contributed by atoms with Crippen LogP contribution in [0.2, 0.25) is 0 Å². The van der Waals surface area contributed by atoms with Crippen molar-refractivity contribution in [2.75, 3.05) is 0 Å². The van der Waals surface area contributed by atoms with Crippen LogP contribution in [-0.4, -0.2) is 14.7 Å². The standard InChI is InChI=1S/C12H12FN3O2/c1-8-5-10(13)3-4-12(8)9(2)15-7-11(6-14-15)16(17)18/h3-7,9H,1-2H3. The van der Waals surface area contributed by atoms with Gasteiger partial charge in [0, 0.05) is 0 Å². The van der Waals surface area contributed by atoms with E-state index in [2.05, 4.69) is 5.10 Å². The first-order chi connectivity index (χ1) is 8.49. The predicted molar refractivity (Wildman–Crippen MR) is 63.8 cm³/mol. The average Bonchev–Trinajstić information content (AvgIpc) is 2.77. The number of halogens is 1. The third kappa shape index (κ3) is 2.22. The maximum absolute atomic E-state index is 13.0. The minimum absolute atomic E-state index is 0.0541. The van der Waals surface area contributed by atoms with E-state index in [9.17, 15) is 14.5 Å². The molecule has 1 atom stereocenters. The molecule has 0 amide bonds. The lowest BCUT2D eigenvalue weighted by Crippen LogP contribution is -2.08. The minimum Gasteiger partial charge on any atom is -0.258 e. The van der Waals surface area contributed by atoms with Crippen LogP contribution in [0.15, 0.2) is 30.6 Å². The zero-order valence-corrected chi connectivity index (χ0v) is 10.0. The number of nitro groups is 1. The van der Waals surface area contributed by atoms with Gasteiger partial charge in [-0.3, -0.25) is 14.8 Å². The summed E-state index contributed by atoms with van der Waals surface area (Å²) >= 11 is 0. The van der Waals surface area contributed by atoms with Gasteiger partial charge in [-0.15, -0.1) is 0 Å². The topological polar surface area (TPSA) is 61.0 Å². The molecule has 18 heavy (non-hydrogen) atoms. The fraction of sp³-hybridized carbons (Fsp3) is 0.250. The molecule has 0 fully saturated rings. The van der Waals surface area contributed by atoms with Gasteiger partial charge in [0.1, 0.15) is 18.2 Å². The van der Waals surface area contributed by atoms with Gasteiger partial charge in [-0.25, -0.2) is 4.39 Å². The molecule has 0 aliphatic heterocycles. The van der Waals surface area contributed by atoms with Crippen molar-refractivity contribution in [3.8, 4) is 0 Å². The van der Waals surface area contributed by atoms with Gasteiger partial charge in [0.2, 0.25) is 0 Å². The minimum atomic E-state index is -0.492. The van der Waals surface area contributed by atoms with Crippen LogP contribution >= 0.6 is 0 Å². The Morgan fingerprint density at radius 3 is 2.78 bits per heavy atom. The van der Waals surface area contributed by atoms with Gasteiger partial charge in [0.15, 0.2) is 0 Å². The van der Waals surface area contributed by atoms with Crippen LogP contribution in [0.25, 0.3) is 0 Å². The Hall–Kier alpha value is -2.24. The van der Waals surface area contributed by atoms with Crippen LogP contribution in [0.4, 0.5) is 10.1 Å². The lowest BCUT2D eigenvalue weighted by atomic mass is 10.0. The fourth-order valence-electron chi connectivity index (χ4n) is 1.88. The summed E-state index contributed by atoms with van der Waals surface area (Å²) in [7, 11) is 0. The first kappa shape index (κ1) is 12.2. The quantitative estimate of drug-likeness (QED) is 0.620. The molecule has 0 N–H and O–H groups in total. The molecule has 1 unspecified atom stereocenters. The van der Waals surface area contributed by atoms with E-state index in [1.54, 1.807) is 13.0 Å². The van der Waals surface area contributed by atoms with Crippen molar-refractivity contribution in [1.29, 1.82) is 0 Å². The SMILES string of the molecule is Cc1cc(F)ccc1C(C)n1cc([N+](=O)[O-])cn1. The lowest BCUT2D eigenvalue weighted by Gasteiger charge is -2.14. The van der Waals surface area contributed by atoms with Crippen molar-refractivity contribution < 1.29 is 9.31 Å². The molecule has 0 saturated carbocycles. The average molecular weight is 249 g/mol. The Morgan fingerprint density at radius 1 is 1.50 bits per heavy atom. The Labute approximate surface area is 103 Å². The van der Waals surface area contributed by atoms with Crippen molar-refractivity contribution in [3.05, 3.63) is 57.7 Å². The maximum Gasteiger partial charge on any atom is 0.307 e. The molecule has 2 aromatic rings. The Kier molecular flexibility index (Phi) is 3.10. The van der Waals surface area contributed by atoms with Gasteiger partial charge in [0.25, 0.3) is 0 Å². The number of hydrogen-bond donors (Lipinski definition) is 0. The van der Waals surface area contributed by atoms with E-state index in [1.165, 1.54) is 29.2 Å². The monoisotopic (exact) mass is 249 g/mol. The summed E-state index contributed by atoms with van der Waals surface area (Å²) in [5.41, 5.74) is 1.62. The molecule has 5 nitrogen and oxygen atoms in total. The summed E-state index contributed by atoms with van der Waals surface area (Å²) in [4.78, 5) is 10.1. The molecule has 0 aliphatic carbocycles. The highest BCUT2D eigenvalue weighted by Gasteiger charge is 2.15. The van der Waals surface area contributed by atoms with Crippen molar-refractivity contribution in [1.82, 2.24) is 9.78 Å². The third-order valence-electron chi connectivity index (χ3n) is 2.88. The van der Waals surface area contributed by atoms with Crippen molar-refractivity contribution in [2.24, 2.45) is 0 Å². The van der Waals surface area contributed by atoms with Gasteiger partial charge in [-0.05, 0) is 37.1 Å². The highest BCUT2D eigenvalue weighted by molar-refractivity contribution is 5.30. The van der Waals surface area contributed by atoms with Crippen LogP contribution in [0.5, 0.6) is 0 Å². The molecule has 1 heterocycles. The normalized spacial score (nSPS) is 12.4. The summed E-state index contributed by atoms with van der Waals surface area (Å²) in [6.45, 7) is 3.66. The third-order valence-corrected chi connectivity index (χ3v) is 2.88. The molecule has 0 bridgehead atoms. The first-order valence-electron chi connectivity index (χ1n) is 5.43. The molecule has 0 radical (unpaired) electrons.